The molecule has 3 aliphatic rings. The number of amides is 2. The molecule has 10 heteroatoms. The number of likely N-dealkylation sites (tertiary alicyclic amines) is 2. The monoisotopic (exact) mass is 470 g/mol. The number of nitrogens with zero attached hydrogens (tertiary/aromatic N) is 5. The van der Waals surface area contributed by atoms with Crippen LogP contribution in [0.1, 0.15) is 24.3 Å². The average molecular weight is 471 g/mol. The predicted molar refractivity (Wildman–Crippen MR) is 125 cm³/mol. The second-order valence-corrected chi connectivity index (χ2v) is 9.94. The second-order valence-electron chi connectivity index (χ2n) is 8.72. The van der Waals surface area contributed by atoms with Crippen LogP contribution in [0.5, 0.6) is 0 Å². The lowest BCUT2D eigenvalue weighted by Crippen LogP contribution is -2.57. The number of benzene rings is 1. The number of hydroxylamine groups is 1. The Bertz CT molecular complexity index is 915. The zero-order valence-electron chi connectivity index (χ0n) is 18.6. The van der Waals surface area contributed by atoms with Gasteiger partial charge in [-0.1, -0.05) is 30.3 Å². The summed E-state index contributed by atoms with van der Waals surface area (Å²) in [6.45, 7) is 3.65. The molecule has 0 spiro atoms. The molecule has 0 radical (unpaired) electrons. The van der Waals surface area contributed by atoms with Crippen LogP contribution in [0.15, 0.2) is 35.3 Å². The first-order valence-corrected chi connectivity index (χ1v) is 12.6. The van der Waals surface area contributed by atoms with E-state index >= 15 is 0 Å². The number of hydrogen-bond donors (Lipinski definition) is 2. The first-order valence-electron chi connectivity index (χ1n) is 11.4. The van der Waals surface area contributed by atoms with Gasteiger partial charge in [-0.05, 0) is 18.4 Å². The molecule has 4 rings (SSSR count). The molecular formula is C23H30N6O3S. The quantitative estimate of drug-likeness (QED) is 0.225. The van der Waals surface area contributed by atoms with E-state index in [0.29, 0.717) is 37.9 Å². The van der Waals surface area contributed by atoms with Crippen molar-refractivity contribution < 1.29 is 14.8 Å². The summed E-state index contributed by atoms with van der Waals surface area (Å²) in [6.07, 6.45) is 3.26. The Balaban J connectivity index is 1.47. The summed E-state index contributed by atoms with van der Waals surface area (Å²) in [5.74, 6) is 0.946. The highest BCUT2D eigenvalue weighted by atomic mass is 32.2. The first-order chi connectivity index (χ1) is 16.1. The van der Waals surface area contributed by atoms with E-state index in [9.17, 15) is 20.1 Å². The zero-order valence-corrected chi connectivity index (χ0v) is 19.4. The van der Waals surface area contributed by atoms with Gasteiger partial charge < -0.3 is 14.7 Å². The first kappa shape index (κ1) is 23.4. The average Bonchev–Trinajstić information content (AvgIpc) is 3.37. The van der Waals surface area contributed by atoms with Crippen LogP contribution in [0.3, 0.4) is 0 Å². The van der Waals surface area contributed by atoms with Crippen molar-refractivity contribution in [3.63, 3.8) is 0 Å². The molecule has 3 heterocycles. The second kappa shape index (κ2) is 10.9. The third-order valence-electron chi connectivity index (χ3n) is 6.87. The van der Waals surface area contributed by atoms with Crippen LogP contribution in [0.2, 0.25) is 0 Å². The number of nitriles is 1. The Morgan fingerprint density at radius 1 is 1.00 bits per heavy atom. The van der Waals surface area contributed by atoms with Crippen LogP contribution in [-0.4, -0.2) is 88.5 Å². The van der Waals surface area contributed by atoms with Crippen LogP contribution in [0.4, 0.5) is 0 Å². The summed E-state index contributed by atoms with van der Waals surface area (Å²) >= 11 is 1.86. The molecule has 1 aromatic carbocycles. The van der Waals surface area contributed by atoms with E-state index in [1.807, 2.05) is 46.0 Å². The normalized spacial score (nSPS) is 26.1. The number of nitrogens with one attached hydrogen (secondary N) is 1. The van der Waals surface area contributed by atoms with E-state index in [2.05, 4.69) is 22.0 Å². The number of carbonyl (C=O) groups excluding carboxylic acids is 2. The molecular weight excluding hydrogens is 440 g/mol. The van der Waals surface area contributed by atoms with Gasteiger partial charge in [0.25, 0.3) is 0 Å². The maximum atomic E-state index is 13.5. The summed E-state index contributed by atoms with van der Waals surface area (Å²) < 4.78 is 0. The fourth-order valence-electron chi connectivity index (χ4n) is 5.12. The van der Waals surface area contributed by atoms with Gasteiger partial charge in [-0.15, -0.1) is 4.99 Å². The minimum Gasteiger partial charge on any atom is -0.342 e. The molecule has 0 aromatic heterocycles. The molecule has 2 N–H and O–H groups in total. The van der Waals surface area contributed by atoms with E-state index in [0.717, 1.165) is 31.0 Å². The molecule has 176 valence electrons. The maximum absolute atomic E-state index is 13.5. The van der Waals surface area contributed by atoms with Gasteiger partial charge in [0.05, 0.1) is 11.8 Å². The van der Waals surface area contributed by atoms with Crippen molar-refractivity contribution >= 4 is 29.5 Å². The molecule has 3 saturated heterocycles. The van der Waals surface area contributed by atoms with Crippen molar-refractivity contribution in [3.05, 3.63) is 35.9 Å². The summed E-state index contributed by atoms with van der Waals surface area (Å²) in [6, 6.07) is 10.2. The van der Waals surface area contributed by atoms with E-state index in [-0.39, 0.29) is 12.5 Å². The highest BCUT2D eigenvalue weighted by molar-refractivity contribution is 7.99. The molecule has 33 heavy (non-hydrogen) atoms. The fourth-order valence-corrected chi connectivity index (χ4v) is 6.02. The Morgan fingerprint density at radius 2 is 1.73 bits per heavy atom. The van der Waals surface area contributed by atoms with Crippen molar-refractivity contribution in [2.24, 2.45) is 16.8 Å². The van der Waals surface area contributed by atoms with Crippen LogP contribution < -0.4 is 5.48 Å². The lowest BCUT2D eigenvalue weighted by atomic mass is 9.83. The SMILES string of the molecule is N#CN=C(N1CCSCC1)N1CCC(C(=O)N2CC[C@H](c3ccccc3)C2)C(C(=O)NO)C1. The minimum atomic E-state index is -0.713. The molecule has 0 bridgehead atoms. The molecule has 0 saturated carbocycles. The highest BCUT2D eigenvalue weighted by Gasteiger charge is 2.43. The van der Waals surface area contributed by atoms with Gasteiger partial charge in [-0.2, -0.15) is 17.0 Å². The van der Waals surface area contributed by atoms with Crippen molar-refractivity contribution in [2.45, 2.75) is 18.8 Å². The molecule has 2 unspecified atom stereocenters. The van der Waals surface area contributed by atoms with E-state index < -0.39 is 17.7 Å². The number of guanidine groups is 1. The molecule has 3 fully saturated rings. The fraction of sp³-hybridized carbons (Fsp3) is 0.565. The summed E-state index contributed by atoms with van der Waals surface area (Å²) in [5, 5.41) is 18.6. The molecule has 2 amide bonds. The van der Waals surface area contributed by atoms with Crippen molar-refractivity contribution in [2.75, 3.05) is 50.8 Å². The van der Waals surface area contributed by atoms with E-state index in [1.54, 1.807) is 5.48 Å². The largest absolute Gasteiger partial charge is 0.342 e. The van der Waals surface area contributed by atoms with Gasteiger partial charge in [0.2, 0.25) is 24.0 Å². The van der Waals surface area contributed by atoms with Crippen LogP contribution >= 0.6 is 11.8 Å². The van der Waals surface area contributed by atoms with Crippen LogP contribution in [-0.2, 0) is 9.59 Å². The lowest BCUT2D eigenvalue weighted by molar-refractivity contribution is -0.147. The molecule has 9 nitrogen and oxygen atoms in total. The number of thioether (sulfide) groups is 1. The minimum absolute atomic E-state index is 0.0326. The number of hydrogen-bond acceptors (Lipinski definition) is 6. The Kier molecular flexibility index (Phi) is 7.73. The Hall–Kier alpha value is -2.77. The lowest BCUT2D eigenvalue weighted by Gasteiger charge is -2.42. The van der Waals surface area contributed by atoms with Crippen molar-refractivity contribution in [1.29, 1.82) is 5.26 Å². The smallest absolute Gasteiger partial charge is 0.249 e. The predicted octanol–water partition coefficient (Wildman–Crippen LogP) is 1.33. The Labute approximate surface area is 198 Å². The van der Waals surface area contributed by atoms with E-state index in [1.165, 1.54) is 5.56 Å². The van der Waals surface area contributed by atoms with Gasteiger partial charge in [-0.25, -0.2) is 5.48 Å². The summed E-state index contributed by atoms with van der Waals surface area (Å²) in [7, 11) is 0. The third kappa shape index (κ3) is 5.25. The van der Waals surface area contributed by atoms with Crippen molar-refractivity contribution in [1.82, 2.24) is 20.2 Å². The molecule has 3 atom stereocenters. The summed E-state index contributed by atoms with van der Waals surface area (Å²) in [5.41, 5.74) is 2.98. The number of carbonyl (C=O) groups is 2. The summed E-state index contributed by atoms with van der Waals surface area (Å²) in [4.78, 5) is 36.0. The van der Waals surface area contributed by atoms with Crippen LogP contribution in [0, 0.1) is 23.3 Å². The standard InChI is InChI=1S/C23H30N6O3S/c24-16-25-23(27-10-12-33-13-11-27)29-9-7-19(20(15-29)21(30)26-32)22(31)28-8-6-18(14-28)17-4-2-1-3-5-17/h1-5,18-20,32H,6-15H2,(H,26,30)/t18-,19?,20?/m0/s1. The molecule has 3 aliphatic heterocycles. The van der Waals surface area contributed by atoms with Gasteiger partial charge >= 0.3 is 0 Å². The van der Waals surface area contributed by atoms with E-state index in [4.69, 9.17) is 0 Å². The van der Waals surface area contributed by atoms with Gasteiger partial charge in [0, 0.05) is 56.7 Å². The van der Waals surface area contributed by atoms with Crippen LogP contribution in [0.25, 0.3) is 0 Å². The zero-order chi connectivity index (χ0) is 23.2. The number of piperidine rings is 1. The topological polar surface area (TPSA) is 112 Å². The molecule has 1 aromatic rings. The number of rotatable bonds is 3. The van der Waals surface area contributed by atoms with Gasteiger partial charge in [0.1, 0.15) is 0 Å². The van der Waals surface area contributed by atoms with Gasteiger partial charge in [0.15, 0.2) is 0 Å². The van der Waals surface area contributed by atoms with Crippen molar-refractivity contribution in [3.8, 4) is 6.19 Å². The third-order valence-corrected chi connectivity index (χ3v) is 7.82. The Morgan fingerprint density at radius 3 is 2.42 bits per heavy atom. The van der Waals surface area contributed by atoms with Gasteiger partial charge in [-0.3, -0.25) is 14.8 Å². The number of aliphatic imine (C=N–C) groups is 1. The highest BCUT2D eigenvalue weighted by Crippen LogP contribution is 2.32. The molecule has 0 aliphatic carbocycles. The maximum Gasteiger partial charge on any atom is 0.249 e.